The van der Waals surface area contributed by atoms with E-state index in [0.29, 0.717) is 48.3 Å². The summed E-state index contributed by atoms with van der Waals surface area (Å²) in [6.45, 7) is 7.17. The normalized spacial score (nSPS) is 24.2. The fraction of sp³-hybridized carbons (Fsp3) is 0.512. The van der Waals surface area contributed by atoms with Crippen LogP contribution in [0.1, 0.15) is 58.4 Å². The van der Waals surface area contributed by atoms with Crippen LogP contribution in [0.25, 0.3) is 32.9 Å². The van der Waals surface area contributed by atoms with Gasteiger partial charge in [0.25, 0.3) is 0 Å². The number of hydrogen-bond donors (Lipinski definition) is 0. The smallest absolute Gasteiger partial charge is 0.153 e. The van der Waals surface area contributed by atoms with Crippen molar-refractivity contribution < 1.29 is 41.7 Å². The molecule has 12 nitrogen and oxygen atoms in total. The molecule has 0 N–H and O–H groups in total. The number of anilines is 1. The van der Waals surface area contributed by atoms with E-state index >= 15 is 8.78 Å². The minimum Gasteiger partial charge on any atom is -0.813 e. The minimum atomic E-state index is -0.965. The van der Waals surface area contributed by atoms with Gasteiger partial charge in [0.15, 0.2) is 0 Å². The Bertz CT molecular complexity index is 2370. The Labute approximate surface area is 366 Å². The van der Waals surface area contributed by atoms with Gasteiger partial charge in [0.2, 0.25) is 0 Å². The number of methoxy groups -OCH3 is 1. The zero-order valence-electron chi connectivity index (χ0n) is 33.4. The molecule has 0 saturated carbocycles. The van der Waals surface area contributed by atoms with E-state index in [1.165, 1.54) is 13.2 Å². The van der Waals surface area contributed by atoms with Crippen molar-refractivity contribution in [2.75, 3.05) is 51.7 Å². The Morgan fingerprint density at radius 1 is 1.08 bits per heavy atom. The monoisotopic (exact) mass is 1040 g/mol. The van der Waals surface area contributed by atoms with Crippen LogP contribution in [0.2, 0.25) is 0 Å². The van der Waals surface area contributed by atoms with Crippen molar-refractivity contribution in [3.63, 3.8) is 0 Å². The molecule has 5 aliphatic heterocycles. The zero-order chi connectivity index (χ0) is 39.8. The second kappa shape index (κ2) is 16.8. The van der Waals surface area contributed by atoms with Crippen molar-refractivity contribution in [3.05, 3.63) is 41.5 Å². The number of aromatic nitrogens is 3. The van der Waals surface area contributed by atoms with Gasteiger partial charge in [0.1, 0.15) is 11.8 Å². The van der Waals surface area contributed by atoms with E-state index in [-0.39, 0.29) is 121 Å². The molecule has 2 aromatic heterocycles. The summed E-state index contributed by atoms with van der Waals surface area (Å²) in [4.78, 5) is 34.1. The molecule has 0 spiro atoms. The van der Waals surface area contributed by atoms with Gasteiger partial charge in [-0.05, 0) is 53.0 Å². The van der Waals surface area contributed by atoms with Crippen molar-refractivity contribution in [1.82, 2.24) is 24.8 Å². The number of hydrogen-bond acceptors (Lipinski definition) is 12. The molecule has 312 valence electrons. The summed E-state index contributed by atoms with van der Waals surface area (Å²) in [6, 6.07) is 5.26. The molecule has 4 fully saturated rings. The first-order chi connectivity index (χ1) is 27.4. The molecule has 5 aliphatic rings. The van der Waals surface area contributed by atoms with E-state index in [0.717, 1.165) is 25.8 Å². The predicted molar refractivity (Wildman–Crippen MR) is 225 cm³/mol. The van der Waals surface area contributed by atoms with Crippen LogP contribution in [0.3, 0.4) is 0 Å². The van der Waals surface area contributed by atoms with Gasteiger partial charge in [-0.25, -0.2) is 9.18 Å². The topological polar surface area (TPSA) is 112 Å². The third-order valence-electron chi connectivity index (χ3n) is 11.8. The third-order valence-corrected chi connectivity index (χ3v) is 12.4. The van der Waals surface area contributed by atoms with Crippen molar-refractivity contribution in [1.29, 1.82) is 0 Å². The molecule has 0 aliphatic carbocycles. The van der Waals surface area contributed by atoms with E-state index in [9.17, 15) is 9.18 Å². The van der Waals surface area contributed by atoms with Gasteiger partial charge < -0.3 is 18.2 Å². The van der Waals surface area contributed by atoms with Crippen molar-refractivity contribution >= 4 is 82.7 Å². The van der Waals surface area contributed by atoms with Crippen LogP contribution in [0.15, 0.2) is 24.3 Å². The fourth-order valence-electron chi connectivity index (χ4n) is 9.56. The number of rotatable bonds is 7. The number of piperazine rings is 1. The van der Waals surface area contributed by atoms with E-state index in [4.69, 9.17) is 38.6 Å². The molecule has 59 heavy (non-hydrogen) atoms. The Balaban J connectivity index is 0.00000264. The number of fused-ring (bicyclic) bond motifs is 7. The average Bonchev–Trinajstić information content (AvgIpc) is 3.78. The van der Waals surface area contributed by atoms with Gasteiger partial charge in [0.05, 0.1) is 11.6 Å². The van der Waals surface area contributed by atoms with Crippen LogP contribution in [-0.2, 0) is 23.0 Å². The predicted octanol–water partition coefficient (Wildman–Crippen LogP) is 5.68. The molecule has 1 amide bonds. The SMILES string of the molecule is COCOc1cc(-c2nc3c4c(nc(OC[C@@]56CCCN5C[C@H](F)C6)nc4c2F)N2C[C@@H]4CC[C@H]([C@H]2CO3)N4C(=O)OC(C)(C)C)c2c(C#[C][Tl])c(F)ccc2c1.P.[SH-]. The molecule has 6 atom stereocenters. The summed E-state index contributed by atoms with van der Waals surface area (Å²) < 4.78 is 80.7. The summed E-state index contributed by atoms with van der Waals surface area (Å²) in [5, 5.41) is 1.17. The Hall–Kier alpha value is -3.37. The summed E-state index contributed by atoms with van der Waals surface area (Å²) in [6.07, 6.45) is 2.11. The van der Waals surface area contributed by atoms with Crippen LogP contribution >= 0.6 is 9.90 Å². The molecular formula is C41H46F3N6O6PSTl-. The summed E-state index contributed by atoms with van der Waals surface area (Å²) in [5.41, 5.74) is -1.11. The van der Waals surface area contributed by atoms with Gasteiger partial charge >= 0.3 is 232 Å². The second-order valence-corrected chi connectivity index (χ2v) is 17.6. The van der Waals surface area contributed by atoms with Crippen molar-refractivity contribution in [3.8, 4) is 38.3 Å². The second-order valence-electron chi connectivity index (χ2n) is 16.5. The largest absolute Gasteiger partial charge is 0.813 e. The molecule has 2 bridgehead atoms. The van der Waals surface area contributed by atoms with Gasteiger partial charge in [-0.15, -0.1) is 0 Å². The average molecular weight is 1040 g/mol. The van der Waals surface area contributed by atoms with E-state index in [2.05, 4.69) is 19.2 Å². The van der Waals surface area contributed by atoms with Gasteiger partial charge in [0, 0.05) is 13.0 Å². The van der Waals surface area contributed by atoms with E-state index in [1.54, 1.807) is 18.2 Å². The number of halogens is 3. The number of benzene rings is 2. The number of alkyl halides is 1. The van der Waals surface area contributed by atoms with Crippen molar-refractivity contribution in [2.45, 2.75) is 88.3 Å². The van der Waals surface area contributed by atoms with Crippen LogP contribution < -0.4 is 19.1 Å². The molecule has 0 radical (unpaired) electrons. The Morgan fingerprint density at radius 3 is 2.66 bits per heavy atom. The van der Waals surface area contributed by atoms with Gasteiger partial charge in [-0.1, -0.05) is 0 Å². The summed E-state index contributed by atoms with van der Waals surface area (Å²) in [5.74, 6) is 2.38. The van der Waals surface area contributed by atoms with Crippen LogP contribution in [-0.4, -0.2) is 139 Å². The third kappa shape index (κ3) is 7.76. The number of pyridine rings is 1. The molecule has 1 unspecified atom stereocenters. The first-order valence-electron chi connectivity index (χ1n) is 19.3. The van der Waals surface area contributed by atoms with E-state index < -0.39 is 41.1 Å². The molecule has 2 aromatic carbocycles. The van der Waals surface area contributed by atoms with Crippen LogP contribution in [0.5, 0.6) is 17.6 Å². The minimum absolute atomic E-state index is 0. The number of nitrogens with zero attached hydrogens (tertiary/aromatic N) is 6. The molecular weight excluding hydrogens is 997 g/mol. The fourth-order valence-corrected chi connectivity index (χ4v) is 10.1. The van der Waals surface area contributed by atoms with Crippen molar-refractivity contribution in [2.24, 2.45) is 0 Å². The molecule has 7 heterocycles. The first-order valence-corrected chi connectivity index (χ1v) is 21.6. The van der Waals surface area contributed by atoms with Gasteiger partial charge in [-0.2, -0.15) is 9.90 Å². The molecule has 4 aromatic rings. The Kier molecular flexibility index (Phi) is 12.5. The number of ether oxygens (including phenoxy) is 5. The first kappa shape index (κ1) is 43.7. The van der Waals surface area contributed by atoms with Crippen LogP contribution in [0.4, 0.5) is 23.8 Å². The van der Waals surface area contributed by atoms with E-state index in [1.807, 2.05) is 25.7 Å². The summed E-state index contributed by atoms with van der Waals surface area (Å²) >= 11 is 0.263. The number of amides is 1. The zero-order valence-corrected chi connectivity index (χ0v) is 40.2. The number of thiol groups is 1. The van der Waals surface area contributed by atoms with Gasteiger partial charge in [-0.3, -0.25) is 9.80 Å². The maximum Gasteiger partial charge on any atom is -0.153 e. The molecule has 4 saturated heterocycles. The standard InChI is InChI=1S/C41H42F3N6O6.H3P.H2S.Tl/c1-6-26-28(43)10-8-22-14-25(55-21-52-5)15-27(31(22)26)34-33(44)35-32-36(47-38(46-35)54-20-41-12-7-13-48(41)17-23(42)16-41)49-18-24-9-11-29(30(49)19-53-37(32)45-34)50(24)39(51)56-40(2,3)4;;;/h8,10,14-15,23-24,29-30H,7,9,11-13,16-21H2,2-5H3;1H3;1H2;/p-1/t23-,24+,29-,30-,41+;;;/m1.../s1. The quantitative estimate of drug-likeness (QED) is 0.0568. The summed E-state index contributed by atoms with van der Waals surface area (Å²) in [7, 11) is 1.49. The molecule has 9 rings (SSSR count). The maximum absolute atomic E-state index is 17.6. The maximum atomic E-state index is 17.6. The Morgan fingerprint density at radius 2 is 1.90 bits per heavy atom. The molecule has 18 heteroatoms. The van der Waals surface area contributed by atoms with Crippen LogP contribution in [0, 0.1) is 21.0 Å². The number of carbonyl (C=O) groups excluding carboxylic acids is 1. The number of carbonyl (C=O) groups is 1.